The maximum absolute atomic E-state index is 12.6. The molecule has 0 aromatic carbocycles. The number of hydrogen-bond donors (Lipinski definition) is 0. The number of rotatable bonds is 4. The third-order valence-electron chi connectivity index (χ3n) is 3.49. The van der Waals surface area contributed by atoms with Crippen molar-refractivity contribution in [3.05, 3.63) is 17.0 Å². The van der Waals surface area contributed by atoms with Crippen molar-refractivity contribution < 1.29 is 13.2 Å². The number of sulfonamides is 1. The zero-order valence-electron chi connectivity index (χ0n) is 11.1. The number of nitrogens with zero attached hydrogens (tertiary/aromatic N) is 1. The molecular weight excluding hydrogens is 306 g/mol. The minimum absolute atomic E-state index is 0.335. The van der Waals surface area contributed by atoms with Gasteiger partial charge in [0.1, 0.15) is 4.21 Å². The molecule has 1 aromatic rings. The molecule has 2 heterocycles. The Labute approximate surface area is 123 Å². The van der Waals surface area contributed by atoms with Crippen molar-refractivity contribution in [3.63, 3.8) is 0 Å². The van der Waals surface area contributed by atoms with E-state index in [4.69, 9.17) is 16.3 Å². The third kappa shape index (κ3) is 3.13. The van der Waals surface area contributed by atoms with Crippen LogP contribution in [0, 0.1) is 0 Å². The summed E-state index contributed by atoms with van der Waals surface area (Å²) in [5, 5.41) is 1.79. The lowest BCUT2D eigenvalue weighted by molar-refractivity contribution is -0.0319. The fourth-order valence-electron chi connectivity index (χ4n) is 2.22. The predicted molar refractivity (Wildman–Crippen MR) is 77.3 cm³/mol. The van der Waals surface area contributed by atoms with Gasteiger partial charge in [-0.3, -0.25) is 0 Å². The van der Waals surface area contributed by atoms with Crippen LogP contribution >= 0.6 is 22.9 Å². The molecule has 19 heavy (non-hydrogen) atoms. The highest BCUT2D eigenvalue weighted by Gasteiger charge is 2.37. The molecule has 1 fully saturated rings. The van der Waals surface area contributed by atoms with Crippen LogP contribution in [0.5, 0.6) is 0 Å². The SMILES string of the molecule is COC1(C)CCCN(S(=O)(=O)c2cc(CCl)cs2)C1. The Morgan fingerprint density at radius 1 is 1.58 bits per heavy atom. The van der Waals surface area contributed by atoms with Crippen molar-refractivity contribution in [2.45, 2.75) is 35.5 Å². The largest absolute Gasteiger partial charge is 0.377 e. The van der Waals surface area contributed by atoms with Crippen molar-refractivity contribution in [2.24, 2.45) is 0 Å². The van der Waals surface area contributed by atoms with E-state index in [1.807, 2.05) is 6.92 Å². The summed E-state index contributed by atoms with van der Waals surface area (Å²) in [6, 6.07) is 1.66. The van der Waals surface area contributed by atoms with Gasteiger partial charge >= 0.3 is 0 Å². The molecule has 0 aliphatic carbocycles. The van der Waals surface area contributed by atoms with Crippen molar-refractivity contribution in [3.8, 4) is 0 Å². The summed E-state index contributed by atoms with van der Waals surface area (Å²) < 4.78 is 32.4. The van der Waals surface area contributed by atoms with Crippen molar-refractivity contribution in [1.82, 2.24) is 4.31 Å². The normalized spacial score (nSPS) is 25.6. The van der Waals surface area contributed by atoms with Crippen molar-refractivity contribution in [2.75, 3.05) is 20.2 Å². The second-order valence-corrected chi connectivity index (χ2v) is 8.35. The quantitative estimate of drug-likeness (QED) is 0.800. The summed E-state index contributed by atoms with van der Waals surface area (Å²) in [6.45, 7) is 2.91. The minimum atomic E-state index is -3.42. The van der Waals surface area contributed by atoms with E-state index >= 15 is 0 Å². The maximum Gasteiger partial charge on any atom is 0.252 e. The van der Waals surface area contributed by atoms with Crippen LogP contribution in [-0.4, -0.2) is 38.5 Å². The van der Waals surface area contributed by atoms with E-state index in [1.54, 1.807) is 18.6 Å². The van der Waals surface area contributed by atoms with Gasteiger partial charge in [-0.05, 0) is 36.8 Å². The van der Waals surface area contributed by atoms with Gasteiger partial charge in [-0.15, -0.1) is 22.9 Å². The van der Waals surface area contributed by atoms with Gasteiger partial charge < -0.3 is 4.74 Å². The van der Waals surface area contributed by atoms with Gasteiger partial charge in [-0.25, -0.2) is 8.42 Å². The highest BCUT2D eigenvalue weighted by Crippen LogP contribution is 2.31. The molecule has 0 N–H and O–H groups in total. The van der Waals surface area contributed by atoms with Crippen LogP contribution < -0.4 is 0 Å². The molecule has 1 aromatic heterocycles. The van der Waals surface area contributed by atoms with Gasteiger partial charge in [0.05, 0.1) is 5.60 Å². The Kier molecular flexibility index (Phi) is 4.57. The molecule has 1 saturated heterocycles. The summed E-state index contributed by atoms with van der Waals surface area (Å²) in [4.78, 5) is 0. The molecule has 0 amide bonds. The maximum atomic E-state index is 12.6. The lowest BCUT2D eigenvalue weighted by atomic mass is 9.96. The van der Waals surface area contributed by atoms with E-state index < -0.39 is 15.6 Å². The molecule has 0 radical (unpaired) electrons. The van der Waals surface area contributed by atoms with E-state index in [2.05, 4.69) is 0 Å². The average Bonchev–Trinajstić information content (AvgIpc) is 2.88. The standard InChI is InChI=1S/C12H18ClNO3S2/c1-12(17-2)4-3-5-14(9-12)19(15,16)11-6-10(7-13)8-18-11/h6,8H,3-5,7,9H2,1-2H3. The molecule has 0 saturated carbocycles. The van der Waals surface area contributed by atoms with Crippen LogP contribution in [0.2, 0.25) is 0 Å². The van der Waals surface area contributed by atoms with Gasteiger partial charge in [0.15, 0.2) is 0 Å². The molecular formula is C12H18ClNO3S2. The van der Waals surface area contributed by atoms with Crippen molar-refractivity contribution >= 4 is 33.0 Å². The number of hydrogen-bond acceptors (Lipinski definition) is 4. The zero-order chi connectivity index (χ0) is 14.1. The Morgan fingerprint density at radius 3 is 2.89 bits per heavy atom. The molecule has 108 valence electrons. The van der Waals surface area contributed by atoms with E-state index in [0.717, 1.165) is 18.4 Å². The first-order valence-electron chi connectivity index (χ1n) is 6.10. The lowest BCUT2D eigenvalue weighted by Gasteiger charge is -2.38. The molecule has 0 bridgehead atoms. The smallest absolute Gasteiger partial charge is 0.252 e. The Hall–Kier alpha value is -0.140. The minimum Gasteiger partial charge on any atom is -0.377 e. The van der Waals surface area contributed by atoms with Crippen LogP contribution in [-0.2, 0) is 20.6 Å². The molecule has 1 aliphatic heterocycles. The lowest BCUT2D eigenvalue weighted by Crippen LogP contribution is -2.49. The number of alkyl halides is 1. The Balaban J connectivity index is 2.24. The second kappa shape index (κ2) is 5.69. The summed E-state index contributed by atoms with van der Waals surface area (Å²) in [7, 11) is -1.79. The van der Waals surface area contributed by atoms with Crippen LogP contribution in [0.4, 0.5) is 0 Å². The highest BCUT2D eigenvalue weighted by atomic mass is 35.5. The number of thiophene rings is 1. The number of methoxy groups -OCH3 is 1. The summed E-state index contributed by atoms with van der Waals surface area (Å²) in [5.74, 6) is 0.335. The Bertz CT molecular complexity index is 543. The molecule has 1 unspecified atom stereocenters. The molecule has 1 atom stereocenters. The summed E-state index contributed by atoms with van der Waals surface area (Å²) >= 11 is 6.95. The van der Waals surface area contributed by atoms with E-state index in [0.29, 0.717) is 23.2 Å². The fraction of sp³-hybridized carbons (Fsp3) is 0.667. The topological polar surface area (TPSA) is 46.6 Å². The first kappa shape index (κ1) is 15.3. The van der Waals surface area contributed by atoms with E-state index in [9.17, 15) is 8.42 Å². The highest BCUT2D eigenvalue weighted by molar-refractivity contribution is 7.91. The molecule has 7 heteroatoms. The number of piperidine rings is 1. The van der Waals surface area contributed by atoms with Crippen LogP contribution in [0.15, 0.2) is 15.7 Å². The second-order valence-electron chi connectivity index (χ2n) is 5.00. The van der Waals surface area contributed by atoms with Gasteiger partial charge in [0, 0.05) is 26.1 Å². The summed E-state index contributed by atoms with van der Waals surface area (Å²) in [5.41, 5.74) is 0.453. The Morgan fingerprint density at radius 2 is 2.32 bits per heavy atom. The van der Waals surface area contributed by atoms with Crippen molar-refractivity contribution in [1.29, 1.82) is 0 Å². The van der Waals surface area contributed by atoms with E-state index in [-0.39, 0.29) is 0 Å². The van der Waals surface area contributed by atoms with Gasteiger partial charge in [0.25, 0.3) is 10.0 Å². The third-order valence-corrected chi connectivity index (χ3v) is 7.11. The summed E-state index contributed by atoms with van der Waals surface area (Å²) in [6.07, 6.45) is 1.70. The molecule has 2 rings (SSSR count). The fourth-order valence-corrected chi connectivity index (χ4v) is 5.42. The van der Waals surface area contributed by atoms with Crippen LogP contribution in [0.1, 0.15) is 25.3 Å². The first-order chi connectivity index (χ1) is 8.91. The number of halogens is 1. The molecule has 4 nitrogen and oxygen atoms in total. The average molecular weight is 324 g/mol. The monoisotopic (exact) mass is 323 g/mol. The molecule has 0 spiro atoms. The zero-order valence-corrected chi connectivity index (χ0v) is 13.4. The van der Waals surface area contributed by atoms with Gasteiger partial charge in [0.2, 0.25) is 0 Å². The van der Waals surface area contributed by atoms with Gasteiger partial charge in [-0.2, -0.15) is 4.31 Å². The van der Waals surface area contributed by atoms with E-state index in [1.165, 1.54) is 15.6 Å². The van der Waals surface area contributed by atoms with Crippen LogP contribution in [0.25, 0.3) is 0 Å². The first-order valence-corrected chi connectivity index (χ1v) is 8.95. The predicted octanol–water partition coefficient (Wildman–Crippen LogP) is 2.68. The molecule has 1 aliphatic rings. The van der Waals surface area contributed by atoms with Gasteiger partial charge in [-0.1, -0.05) is 0 Å². The number of ether oxygens (including phenoxy) is 1. The van der Waals surface area contributed by atoms with Crippen LogP contribution in [0.3, 0.4) is 0 Å².